The van der Waals surface area contributed by atoms with Crippen molar-refractivity contribution in [3.8, 4) is 22.1 Å². The number of likely N-dealkylation sites (tertiary alicyclic amines) is 1. The number of carbonyl (C=O) groups is 5. The number of thiophene rings is 1. The average molecular weight is 771 g/mol. The van der Waals surface area contributed by atoms with E-state index in [1.165, 1.54) is 15.9 Å². The minimum atomic E-state index is -1.31. The highest BCUT2D eigenvalue weighted by molar-refractivity contribution is 7.22. The number of anilines is 1. The largest absolute Gasteiger partial charge is 0.504 e. The van der Waals surface area contributed by atoms with Crippen molar-refractivity contribution in [2.24, 2.45) is 36.1 Å². The van der Waals surface area contributed by atoms with Crippen molar-refractivity contribution in [2.75, 3.05) is 18.1 Å². The number of ether oxygens (including phenoxy) is 1. The van der Waals surface area contributed by atoms with Crippen LogP contribution >= 0.6 is 22.9 Å². The van der Waals surface area contributed by atoms with Gasteiger partial charge in [0.2, 0.25) is 23.6 Å². The van der Waals surface area contributed by atoms with Gasteiger partial charge in [0, 0.05) is 41.7 Å². The number of phenols is 1. The van der Waals surface area contributed by atoms with Gasteiger partial charge in [-0.1, -0.05) is 29.3 Å². The number of rotatable bonds is 9. The first-order valence-corrected chi connectivity index (χ1v) is 19.3. The number of hydrogen-bond acceptors (Lipinski definition) is 9. The van der Waals surface area contributed by atoms with Gasteiger partial charge in [0.1, 0.15) is 11.5 Å². The monoisotopic (exact) mass is 770 g/mol. The number of aryl methyl sites for hydroxylation is 2. The first-order chi connectivity index (χ1) is 25.8. The van der Waals surface area contributed by atoms with Crippen LogP contribution in [0.2, 0.25) is 5.02 Å². The predicted octanol–water partition coefficient (Wildman–Crippen LogP) is 6.46. The standard InChI is InChI=1S/C40H39ClN4O8S/c1-5-53-29-15-20(8-12-28(29)46)34-22-10-11-23-33(38(51)44(36(23)49)14-6-7-32(47)48)25(22)17-26-37(50)45(39(52)40(26,34)3)31-18-27(42-43(31)4)35-19(2)24-16-21(41)9-13-30(24)54-35/h8-10,12-13,15-16,18,23,25-26,33-34,46H,5-7,11,14,17H2,1-4H3,(H,47,48)/t23-,25+,26-,33-,34-,40+/m0/s1. The van der Waals surface area contributed by atoms with E-state index < -0.39 is 52.8 Å². The Kier molecular flexibility index (Phi) is 8.72. The molecule has 8 rings (SSSR count). The summed E-state index contributed by atoms with van der Waals surface area (Å²) in [6, 6.07) is 12.4. The van der Waals surface area contributed by atoms with Gasteiger partial charge in [0.25, 0.3) is 0 Å². The van der Waals surface area contributed by atoms with Crippen LogP contribution in [0.15, 0.2) is 54.1 Å². The highest BCUT2D eigenvalue weighted by Crippen LogP contribution is 2.64. The molecular weight excluding hydrogens is 732 g/mol. The quantitative estimate of drug-likeness (QED) is 0.144. The van der Waals surface area contributed by atoms with Gasteiger partial charge >= 0.3 is 5.97 Å². The number of aromatic hydroxyl groups is 1. The maximum atomic E-state index is 15.1. The van der Waals surface area contributed by atoms with Gasteiger partial charge < -0.3 is 14.9 Å². The summed E-state index contributed by atoms with van der Waals surface area (Å²) in [5.74, 6) is -5.59. The molecule has 2 saturated heterocycles. The molecule has 4 heterocycles. The lowest BCUT2D eigenvalue weighted by atomic mass is 9.51. The molecular formula is C40H39ClN4O8S. The molecule has 0 radical (unpaired) electrons. The summed E-state index contributed by atoms with van der Waals surface area (Å²) in [6.45, 7) is 5.87. The third-order valence-corrected chi connectivity index (χ3v) is 13.5. The molecule has 280 valence electrons. The van der Waals surface area contributed by atoms with Gasteiger partial charge in [-0.15, -0.1) is 11.3 Å². The van der Waals surface area contributed by atoms with Gasteiger partial charge in [0.15, 0.2) is 11.5 Å². The topological polar surface area (TPSA) is 159 Å². The lowest BCUT2D eigenvalue weighted by Crippen LogP contribution is -2.49. The molecule has 2 aromatic heterocycles. The van der Waals surface area contributed by atoms with E-state index in [2.05, 4.69) is 0 Å². The molecule has 1 saturated carbocycles. The van der Waals surface area contributed by atoms with Crippen LogP contribution in [-0.4, -0.2) is 67.6 Å². The number of aliphatic carboxylic acids is 1. The smallest absolute Gasteiger partial charge is 0.303 e. The molecule has 3 fully saturated rings. The van der Waals surface area contributed by atoms with Crippen molar-refractivity contribution < 1.29 is 38.9 Å². The Morgan fingerprint density at radius 3 is 2.59 bits per heavy atom. The Hall–Kier alpha value is -5.01. The number of amides is 4. The van der Waals surface area contributed by atoms with Crippen LogP contribution in [-0.2, 0) is 31.0 Å². The Morgan fingerprint density at radius 2 is 1.85 bits per heavy atom. The second-order valence-corrected chi connectivity index (χ2v) is 16.3. The number of carboxylic acids is 1. The molecule has 6 atom stereocenters. The van der Waals surface area contributed by atoms with Crippen LogP contribution in [0.5, 0.6) is 11.5 Å². The summed E-state index contributed by atoms with van der Waals surface area (Å²) in [5, 5.41) is 26.2. The van der Waals surface area contributed by atoms with Crippen molar-refractivity contribution in [1.82, 2.24) is 14.7 Å². The lowest BCUT2D eigenvalue weighted by molar-refractivity contribution is -0.142. The third kappa shape index (κ3) is 5.30. The van der Waals surface area contributed by atoms with E-state index in [4.69, 9.17) is 21.4 Å². The third-order valence-electron chi connectivity index (χ3n) is 12.0. The number of hydrogen-bond donors (Lipinski definition) is 2. The zero-order valence-electron chi connectivity index (χ0n) is 30.2. The number of fused-ring (bicyclic) bond motifs is 5. The molecule has 54 heavy (non-hydrogen) atoms. The zero-order chi connectivity index (χ0) is 38.4. The molecule has 14 heteroatoms. The normalized spacial score (nSPS) is 26.3. The van der Waals surface area contributed by atoms with Crippen LogP contribution in [0.25, 0.3) is 20.7 Å². The van der Waals surface area contributed by atoms with Crippen molar-refractivity contribution >= 4 is 68.4 Å². The molecule has 2 aliphatic carbocycles. The first-order valence-electron chi connectivity index (χ1n) is 18.1. The van der Waals surface area contributed by atoms with E-state index >= 15 is 4.79 Å². The van der Waals surface area contributed by atoms with Crippen LogP contribution in [0, 0.1) is 36.0 Å². The highest BCUT2D eigenvalue weighted by Gasteiger charge is 2.68. The van der Waals surface area contributed by atoms with E-state index in [9.17, 15) is 29.4 Å². The summed E-state index contributed by atoms with van der Waals surface area (Å²) < 4.78 is 8.33. The Bertz CT molecular complexity index is 2330. The fourth-order valence-corrected chi connectivity index (χ4v) is 10.8. The number of nitrogens with zero attached hydrogens (tertiary/aromatic N) is 4. The molecule has 0 spiro atoms. The van der Waals surface area contributed by atoms with Gasteiger partial charge in [0.05, 0.1) is 34.7 Å². The number of aromatic nitrogens is 2. The fourth-order valence-electron chi connectivity index (χ4n) is 9.48. The van der Waals surface area contributed by atoms with Crippen molar-refractivity contribution in [3.05, 3.63) is 70.3 Å². The first kappa shape index (κ1) is 36.0. The summed E-state index contributed by atoms with van der Waals surface area (Å²) in [4.78, 5) is 72.2. The molecule has 0 bridgehead atoms. The van der Waals surface area contributed by atoms with Crippen LogP contribution in [0.4, 0.5) is 5.82 Å². The molecule has 4 aromatic rings. The molecule has 0 unspecified atom stereocenters. The number of imide groups is 2. The van der Waals surface area contributed by atoms with Crippen molar-refractivity contribution in [1.29, 1.82) is 0 Å². The summed E-state index contributed by atoms with van der Waals surface area (Å²) in [6.07, 6.45) is 2.35. The van der Waals surface area contributed by atoms with Crippen LogP contribution < -0.4 is 9.64 Å². The molecule has 2 N–H and O–H groups in total. The van der Waals surface area contributed by atoms with Gasteiger partial charge in [-0.3, -0.25) is 33.6 Å². The molecule has 4 amide bonds. The van der Waals surface area contributed by atoms with E-state index in [-0.39, 0.29) is 62.1 Å². The number of phenolic OH excluding ortho intramolecular Hbond substituents is 1. The number of carbonyl (C=O) groups excluding carboxylic acids is 4. The van der Waals surface area contributed by atoms with Crippen molar-refractivity contribution in [3.63, 3.8) is 0 Å². The molecule has 4 aliphatic rings. The average Bonchev–Trinajstić information content (AvgIpc) is 3.80. The van der Waals surface area contributed by atoms with Gasteiger partial charge in [-0.25, -0.2) is 4.90 Å². The number of benzene rings is 2. The minimum absolute atomic E-state index is 0.000394. The van der Waals surface area contributed by atoms with Crippen LogP contribution in [0.1, 0.15) is 56.6 Å². The predicted molar refractivity (Wildman–Crippen MR) is 201 cm³/mol. The van der Waals surface area contributed by atoms with Crippen LogP contribution in [0.3, 0.4) is 0 Å². The summed E-state index contributed by atoms with van der Waals surface area (Å²) in [7, 11) is 1.70. The SMILES string of the molecule is CCOc1cc([C@H]2C3=CC[C@@H]4C(=O)N(CCCC(=O)O)C(=O)[C@@H]4[C@@H]3C[C@H]3C(=O)N(c4cc(-c5sc6ccc(Cl)cc6c5C)nn4C)C(=O)[C@@]23C)ccc1O. The lowest BCUT2D eigenvalue weighted by Gasteiger charge is -2.49. The van der Waals surface area contributed by atoms with E-state index in [1.54, 1.807) is 55.1 Å². The Labute approximate surface area is 319 Å². The Morgan fingerprint density at radius 1 is 1.07 bits per heavy atom. The number of carboxylic acid groups (broad SMARTS) is 1. The Balaban J connectivity index is 1.22. The summed E-state index contributed by atoms with van der Waals surface area (Å²) in [5.41, 5.74) is 1.72. The molecule has 2 aromatic carbocycles. The van der Waals surface area contributed by atoms with Crippen molar-refractivity contribution in [2.45, 2.75) is 52.4 Å². The van der Waals surface area contributed by atoms with E-state index in [0.29, 0.717) is 22.1 Å². The van der Waals surface area contributed by atoms with E-state index in [0.717, 1.165) is 26.1 Å². The van der Waals surface area contributed by atoms with Gasteiger partial charge in [-0.05, 0) is 92.8 Å². The molecule has 12 nitrogen and oxygen atoms in total. The molecule has 2 aliphatic heterocycles. The minimum Gasteiger partial charge on any atom is -0.504 e. The highest BCUT2D eigenvalue weighted by atomic mass is 35.5. The summed E-state index contributed by atoms with van der Waals surface area (Å²) >= 11 is 7.85. The fraction of sp³-hybridized carbons (Fsp3) is 0.400. The maximum Gasteiger partial charge on any atom is 0.303 e. The zero-order valence-corrected chi connectivity index (χ0v) is 31.7. The number of allylic oxidation sites excluding steroid dienone is 2. The van der Waals surface area contributed by atoms with E-state index in [1.807, 2.05) is 31.2 Å². The second kappa shape index (κ2) is 13.1. The maximum absolute atomic E-state index is 15.1. The number of halogens is 1. The van der Waals surface area contributed by atoms with Gasteiger partial charge in [-0.2, -0.15) is 5.10 Å². The second-order valence-electron chi connectivity index (χ2n) is 14.9.